The molecule has 0 radical (unpaired) electrons. The van der Waals surface area contributed by atoms with Crippen molar-refractivity contribution >= 4 is 22.3 Å². The van der Waals surface area contributed by atoms with Crippen LogP contribution in [0.15, 0.2) is 5.38 Å². The Balaban J connectivity index is 3.32. The zero-order chi connectivity index (χ0) is 10.9. The van der Waals surface area contributed by atoms with Crippen molar-refractivity contribution in [1.29, 1.82) is 0 Å². The van der Waals surface area contributed by atoms with Crippen molar-refractivity contribution in [3.8, 4) is 0 Å². The Morgan fingerprint density at radius 2 is 2.07 bits per heavy atom. The molecule has 78 valence electrons. The zero-order valence-electron chi connectivity index (χ0n) is 8.84. The summed E-state index contributed by atoms with van der Waals surface area (Å²) in [7, 11) is 1.74. The summed E-state index contributed by atoms with van der Waals surface area (Å²) in [6, 6.07) is 0. The minimum atomic E-state index is -0.861. The molecule has 1 aromatic heterocycles. The topological polar surface area (TPSA) is 49.3 Å². The summed E-state index contributed by atoms with van der Waals surface area (Å²) in [5.74, 6) is -0.861. The molecule has 0 aliphatic rings. The molecule has 0 amide bonds. The van der Waals surface area contributed by atoms with E-state index in [1.807, 2.05) is 26.2 Å². The Hall–Kier alpha value is -1.03. The van der Waals surface area contributed by atoms with Crippen LogP contribution in [0.5, 0.6) is 0 Å². The van der Waals surface area contributed by atoms with Crippen molar-refractivity contribution in [3.63, 3.8) is 0 Å². The van der Waals surface area contributed by atoms with Gasteiger partial charge in [0.05, 0.1) is 5.56 Å². The van der Waals surface area contributed by atoms with Gasteiger partial charge in [0.2, 0.25) is 0 Å². The van der Waals surface area contributed by atoms with Crippen LogP contribution in [-0.4, -0.2) is 18.1 Å². The number of anilines is 1. The number of thiophene rings is 1. The number of hydrogen-bond acceptors (Lipinski definition) is 3. The molecule has 0 spiro atoms. The molecule has 14 heavy (non-hydrogen) atoms. The molecule has 3 nitrogen and oxygen atoms in total. The number of carbonyl (C=O) groups is 1. The lowest BCUT2D eigenvalue weighted by molar-refractivity contribution is 0.0696. The average molecular weight is 213 g/mol. The zero-order valence-corrected chi connectivity index (χ0v) is 9.66. The van der Waals surface area contributed by atoms with Crippen molar-refractivity contribution in [2.45, 2.75) is 26.2 Å². The van der Waals surface area contributed by atoms with Crippen LogP contribution in [0.25, 0.3) is 0 Å². The SMILES string of the molecule is CNc1scc(C(C)(C)C)c1C(=O)O. The van der Waals surface area contributed by atoms with E-state index < -0.39 is 5.97 Å². The molecule has 2 N–H and O–H groups in total. The van der Waals surface area contributed by atoms with Crippen molar-refractivity contribution in [2.75, 3.05) is 12.4 Å². The first-order chi connectivity index (χ1) is 6.38. The third-order valence-electron chi connectivity index (χ3n) is 2.04. The Morgan fingerprint density at radius 3 is 2.43 bits per heavy atom. The third-order valence-corrected chi connectivity index (χ3v) is 3.04. The summed E-state index contributed by atoms with van der Waals surface area (Å²) in [6.07, 6.45) is 0. The second-order valence-electron chi connectivity index (χ2n) is 4.16. The summed E-state index contributed by atoms with van der Waals surface area (Å²) in [6.45, 7) is 6.04. The van der Waals surface area contributed by atoms with Crippen molar-refractivity contribution < 1.29 is 9.90 Å². The first-order valence-corrected chi connectivity index (χ1v) is 5.29. The van der Waals surface area contributed by atoms with E-state index in [0.29, 0.717) is 5.56 Å². The van der Waals surface area contributed by atoms with Crippen LogP contribution < -0.4 is 5.32 Å². The number of aromatic carboxylic acids is 1. The number of hydrogen-bond donors (Lipinski definition) is 2. The molecule has 0 aliphatic heterocycles. The van der Waals surface area contributed by atoms with Crippen molar-refractivity contribution in [1.82, 2.24) is 0 Å². The van der Waals surface area contributed by atoms with Crippen molar-refractivity contribution in [3.05, 3.63) is 16.5 Å². The fraction of sp³-hybridized carbons (Fsp3) is 0.500. The number of carboxylic acid groups (broad SMARTS) is 1. The van der Waals surface area contributed by atoms with E-state index in [0.717, 1.165) is 10.6 Å². The lowest BCUT2D eigenvalue weighted by Gasteiger charge is -2.18. The van der Waals surface area contributed by atoms with Gasteiger partial charge in [-0.25, -0.2) is 4.79 Å². The smallest absolute Gasteiger partial charge is 0.339 e. The highest BCUT2D eigenvalue weighted by Crippen LogP contribution is 2.35. The second kappa shape index (κ2) is 3.61. The molecular weight excluding hydrogens is 198 g/mol. The van der Waals surface area contributed by atoms with E-state index in [4.69, 9.17) is 5.11 Å². The van der Waals surface area contributed by atoms with Crippen LogP contribution in [0.1, 0.15) is 36.7 Å². The van der Waals surface area contributed by atoms with E-state index in [1.54, 1.807) is 7.05 Å². The van der Waals surface area contributed by atoms with Gasteiger partial charge in [0, 0.05) is 7.05 Å². The van der Waals surface area contributed by atoms with Gasteiger partial charge in [-0.2, -0.15) is 0 Å². The van der Waals surface area contributed by atoms with E-state index in [1.165, 1.54) is 11.3 Å². The summed E-state index contributed by atoms with van der Waals surface area (Å²) in [5, 5.41) is 14.6. The Kier molecular flexibility index (Phi) is 2.85. The van der Waals surface area contributed by atoms with Gasteiger partial charge in [-0.05, 0) is 16.4 Å². The van der Waals surface area contributed by atoms with Crippen LogP contribution in [0.2, 0.25) is 0 Å². The highest BCUT2D eigenvalue weighted by atomic mass is 32.1. The van der Waals surface area contributed by atoms with Crippen LogP contribution in [0.3, 0.4) is 0 Å². The van der Waals surface area contributed by atoms with E-state index in [-0.39, 0.29) is 5.41 Å². The summed E-state index contributed by atoms with van der Waals surface area (Å²) < 4.78 is 0. The average Bonchev–Trinajstić information content (AvgIpc) is 2.45. The Labute approximate surface area is 87.8 Å². The third kappa shape index (κ3) is 1.90. The molecule has 0 unspecified atom stereocenters. The van der Waals surface area contributed by atoms with E-state index in [2.05, 4.69) is 5.32 Å². The van der Waals surface area contributed by atoms with Gasteiger partial charge < -0.3 is 10.4 Å². The fourth-order valence-corrected chi connectivity index (χ4v) is 2.45. The standard InChI is InChI=1S/C10H15NO2S/c1-10(2,3)6-5-14-8(11-4)7(6)9(12)13/h5,11H,1-4H3,(H,12,13). The lowest BCUT2D eigenvalue weighted by Crippen LogP contribution is -2.15. The van der Waals surface area contributed by atoms with Crippen molar-refractivity contribution in [2.24, 2.45) is 0 Å². The molecule has 1 aromatic rings. The Bertz CT molecular complexity index is 349. The van der Waals surface area contributed by atoms with Gasteiger partial charge >= 0.3 is 5.97 Å². The first-order valence-electron chi connectivity index (χ1n) is 4.41. The summed E-state index contributed by atoms with van der Waals surface area (Å²) >= 11 is 1.44. The summed E-state index contributed by atoms with van der Waals surface area (Å²) in [4.78, 5) is 11.1. The van der Waals surface area contributed by atoms with Gasteiger partial charge in [-0.1, -0.05) is 20.8 Å². The van der Waals surface area contributed by atoms with Gasteiger partial charge in [-0.15, -0.1) is 11.3 Å². The molecule has 4 heteroatoms. The number of carboxylic acids is 1. The first kappa shape index (κ1) is 11.0. The highest BCUT2D eigenvalue weighted by molar-refractivity contribution is 7.14. The molecule has 1 rings (SSSR count). The molecule has 0 saturated carbocycles. The summed E-state index contributed by atoms with van der Waals surface area (Å²) in [5.41, 5.74) is 1.17. The predicted octanol–water partition coefficient (Wildman–Crippen LogP) is 2.79. The minimum Gasteiger partial charge on any atom is -0.478 e. The maximum absolute atomic E-state index is 11.1. The monoisotopic (exact) mass is 213 g/mol. The Morgan fingerprint density at radius 1 is 1.50 bits per heavy atom. The maximum Gasteiger partial charge on any atom is 0.339 e. The highest BCUT2D eigenvalue weighted by Gasteiger charge is 2.25. The molecule has 1 heterocycles. The predicted molar refractivity (Wildman–Crippen MR) is 59.5 cm³/mol. The van der Waals surface area contributed by atoms with Crippen LogP contribution in [-0.2, 0) is 5.41 Å². The van der Waals surface area contributed by atoms with E-state index >= 15 is 0 Å². The molecule has 0 bridgehead atoms. The molecule has 0 aliphatic carbocycles. The maximum atomic E-state index is 11.1. The molecule has 0 atom stereocenters. The molecule has 0 fully saturated rings. The molecule has 0 aromatic carbocycles. The number of nitrogens with one attached hydrogen (secondary N) is 1. The van der Waals surface area contributed by atoms with Crippen LogP contribution in [0.4, 0.5) is 5.00 Å². The molecular formula is C10H15NO2S. The van der Waals surface area contributed by atoms with Crippen LogP contribution >= 0.6 is 11.3 Å². The normalized spacial score (nSPS) is 11.4. The van der Waals surface area contributed by atoms with Gasteiger partial charge in [0.15, 0.2) is 0 Å². The lowest BCUT2D eigenvalue weighted by atomic mass is 9.86. The minimum absolute atomic E-state index is 0.126. The van der Waals surface area contributed by atoms with E-state index in [9.17, 15) is 4.79 Å². The van der Waals surface area contributed by atoms with Gasteiger partial charge in [0.25, 0.3) is 0 Å². The van der Waals surface area contributed by atoms with Gasteiger partial charge in [0.1, 0.15) is 5.00 Å². The number of rotatable bonds is 2. The largest absolute Gasteiger partial charge is 0.478 e. The molecule has 0 saturated heterocycles. The second-order valence-corrected chi connectivity index (χ2v) is 5.04. The van der Waals surface area contributed by atoms with Gasteiger partial charge in [-0.3, -0.25) is 0 Å². The fourth-order valence-electron chi connectivity index (χ4n) is 1.31. The van der Waals surface area contributed by atoms with Crippen LogP contribution in [0, 0.1) is 0 Å². The quantitative estimate of drug-likeness (QED) is 0.794.